The zero-order valence-electron chi connectivity index (χ0n) is 29.2. The summed E-state index contributed by atoms with van der Waals surface area (Å²) in [6.07, 6.45) is 12.0. The van der Waals surface area contributed by atoms with Crippen LogP contribution in [0.3, 0.4) is 0 Å². The van der Waals surface area contributed by atoms with Gasteiger partial charge in [0.2, 0.25) is 0 Å². The minimum absolute atomic E-state index is 0.147. The van der Waals surface area contributed by atoms with Gasteiger partial charge in [-0.1, -0.05) is 0 Å². The Morgan fingerprint density at radius 1 is 0.638 bits per heavy atom. The van der Waals surface area contributed by atoms with Crippen LogP contribution in [0.1, 0.15) is 24.0 Å². The van der Waals surface area contributed by atoms with Gasteiger partial charge in [0.05, 0.1) is 0 Å². The molecule has 0 bridgehead atoms. The molecule has 0 amide bonds. The van der Waals surface area contributed by atoms with Gasteiger partial charge in [0.25, 0.3) is 0 Å². The number of ether oxygens (including phenoxy) is 2. The van der Waals surface area contributed by atoms with E-state index in [0.717, 1.165) is 0 Å². The third-order valence-corrected chi connectivity index (χ3v) is 21.8. The predicted molar refractivity (Wildman–Crippen MR) is 187 cm³/mol. The van der Waals surface area contributed by atoms with Gasteiger partial charge in [0, 0.05) is 0 Å². The summed E-state index contributed by atoms with van der Waals surface area (Å²) >= 11 is -4.93. The molecule has 0 saturated carbocycles. The molecule has 0 fully saturated rings. The third-order valence-electron chi connectivity index (χ3n) is 9.35. The molecule has 0 aliphatic heterocycles. The number of hydrogen-bond donors (Lipinski definition) is 0. The van der Waals surface area contributed by atoms with Crippen LogP contribution in [0.4, 0.5) is 17.6 Å². The Hall–Kier alpha value is -1.89. The molecule has 4 rings (SSSR count). The molecule has 0 N–H and O–H groups in total. The van der Waals surface area contributed by atoms with Crippen LogP contribution in [-0.4, -0.2) is 66.1 Å². The Morgan fingerprint density at radius 2 is 1.02 bits per heavy atom. The van der Waals surface area contributed by atoms with E-state index in [2.05, 4.69) is 48.4 Å². The average molecular weight is 723 g/mol. The number of methoxy groups -OCH3 is 2. The van der Waals surface area contributed by atoms with Crippen LogP contribution in [-0.2, 0) is 39.2 Å². The molecule has 0 aromatic heterocycles. The molecule has 0 heterocycles. The number of rotatable bonds is 16. The zero-order chi connectivity index (χ0) is 34.6. The van der Waals surface area contributed by atoms with Crippen LogP contribution in [0, 0.1) is 23.3 Å². The molecule has 11 heteroatoms. The van der Waals surface area contributed by atoms with Gasteiger partial charge in [-0.3, -0.25) is 0 Å². The number of allylic oxidation sites excluding steroid dienone is 8. The first-order valence-corrected chi connectivity index (χ1v) is 26.3. The Morgan fingerprint density at radius 3 is 1.32 bits per heavy atom. The molecular weight excluding hydrogens is 672 g/mol. The Bertz CT molecular complexity index is 1450. The molecule has 0 spiro atoms. The van der Waals surface area contributed by atoms with Gasteiger partial charge in [-0.25, -0.2) is 0 Å². The molecular formula is C36H50F4N2O2Si2Ti. The summed E-state index contributed by atoms with van der Waals surface area (Å²) in [5.74, 6) is -2.90. The van der Waals surface area contributed by atoms with Crippen molar-refractivity contribution < 1.29 is 43.6 Å². The molecule has 2 aromatic carbocycles. The van der Waals surface area contributed by atoms with E-state index < -0.39 is 56.3 Å². The fraction of sp³-hybridized carbons (Fsp3) is 0.444. The second-order valence-corrected chi connectivity index (χ2v) is 30.2. The molecule has 256 valence electrons. The summed E-state index contributed by atoms with van der Waals surface area (Å²) in [6, 6.07) is 5.59. The molecule has 2 aromatic rings. The van der Waals surface area contributed by atoms with Crippen LogP contribution in [0.25, 0.3) is 0 Å². The molecule has 0 saturated heterocycles. The SMILES string of the molecule is COCCN(Cc1ccc(F)[c]([Ti]([C]2=CC=CC2)([C]2=CC=CC2)[c]2c(F)ccc(CN(CCOC)[Si](C)(C)C)c2F)c1F)[Si](C)(C)C. The van der Waals surface area contributed by atoms with E-state index in [1.54, 1.807) is 14.2 Å². The fourth-order valence-corrected chi connectivity index (χ4v) is 17.8. The first-order chi connectivity index (χ1) is 22.2. The summed E-state index contributed by atoms with van der Waals surface area (Å²) in [6.45, 7) is 15.7. The Kier molecular flexibility index (Phi) is 12.7. The van der Waals surface area contributed by atoms with Crippen LogP contribution in [0.5, 0.6) is 0 Å². The first-order valence-electron chi connectivity index (χ1n) is 16.3. The maximum absolute atomic E-state index is 17.4. The van der Waals surface area contributed by atoms with Crippen molar-refractivity contribution >= 4 is 24.2 Å². The predicted octanol–water partition coefficient (Wildman–Crippen LogP) is 7.60. The monoisotopic (exact) mass is 722 g/mol. The number of benzene rings is 2. The van der Waals surface area contributed by atoms with E-state index in [1.807, 2.05) is 36.5 Å². The molecule has 0 unspecified atom stereocenters. The number of halogens is 4. The van der Waals surface area contributed by atoms with Crippen molar-refractivity contribution in [1.29, 1.82) is 0 Å². The van der Waals surface area contributed by atoms with Crippen molar-refractivity contribution in [2.75, 3.05) is 40.5 Å². The van der Waals surface area contributed by atoms with Gasteiger partial charge in [0.15, 0.2) is 0 Å². The van der Waals surface area contributed by atoms with Crippen LogP contribution in [0.15, 0.2) is 68.5 Å². The summed E-state index contributed by atoms with van der Waals surface area (Å²) in [5.41, 5.74) is 0.656. The molecule has 47 heavy (non-hydrogen) atoms. The fourth-order valence-electron chi connectivity index (χ4n) is 6.66. The summed E-state index contributed by atoms with van der Waals surface area (Å²) in [5, 5.41) is 0. The molecule has 0 atom stereocenters. The first kappa shape index (κ1) is 37.9. The van der Waals surface area contributed by atoms with Crippen molar-refractivity contribution in [3.63, 3.8) is 0 Å². The average Bonchev–Trinajstić information content (AvgIpc) is 3.73. The van der Waals surface area contributed by atoms with Gasteiger partial charge < -0.3 is 0 Å². The van der Waals surface area contributed by atoms with Gasteiger partial charge in [0.1, 0.15) is 0 Å². The summed E-state index contributed by atoms with van der Waals surface area (Å²) < 4.78 is 84.2. The van der Waals surface area contributed by atoms with E-state index in [-0.39, 0.29) is 20.8 Å². The standard InChI is InChI=1S/2C13H20F2NOSi.2C5H5.Ti/c2*1-17-8-7-16(18(2,3)4)10-11-5-6-12(14)9-13(11)15;2*1-2-4-5-3-1;/h2*5-6H,7-8,10H2,1-4H3;2*1-3H,4H2;. The van der Waals surface area contributed by atoms with Crippen molar-refractivity contribution in [3.05, 3.63) is 103 Å². The van der Waals surface area contributed by atoms with E-state index >= 15 is 17.6 Å². The topological polar surface area (TPSA) is 24.9 Å². The van der Waals surface area contributed by atoms with Gasteiger partial charge >= 0.3 is 286 Å². The zero-order valence-corrected chi connectivity index (χ0v) is 32.7. The minimum atomic E-state index is -4.93. The molecule has 4 nitrogen and oxygen atoms in total. The van der Waals surface area contributed by atoms with Gasteiger partial charge in [-0.05, 0) is 0 Å². The van der Waals surface area contributed by atoms with Crippen molar-refractivity contribution in [2.45, 2.75) is 65.2 Å². The van der Waals surface area contributed by atoms with Gasteiger partial charge in [-0.15, -0.1) is 0 Å². The quantitative estimate of drug-likeness (QED) is 0.132. The maximum atomic E-state index is 17.4. The second-order valence-electron chi connectivity index (χ2n) is 14.4. The second kappa shape index (κ2) is 15.8. The van der Waals surface area contributed by atoms with Crippen LogP contribution < -0.4 is 7.74 Å². The molecule has 2 aliphatic rings. The van der Waals surface area contributed by atoms with E-state index in [4.69, 9.17) is 9.47 Å². The van der Waals surface area contributed by atoms with Gasteiger partial charge in [-0.2, -0.15) is 0 Å². The number of hydrogen-bond acceptors (Lipinski definition) is 4. The van der Waals surface area contributed by atoms with Crippen molar-refractivity contribution in [2.24, 2.45) is 0 Å². The van der Waals surface area contributed by atoms with Crippen molar-refractivity contribution in [3.8, 4) is 0 Å². The summed E-state index contributed by atoms with van der Waals surface area (Å²) in [7, 11) is -0.645. The van der Waals surface area contributed by atoms with Crippen LogP contribution in [0.2, 0.25) is 39.3 Å². The van der Waals surface area contributed by atoms with E-state index in [0.29, 0.717) is 58.0 Å². The third kappa shape index (κ3) is 8.13. The normalized spacial score (nSPS) is 15.4. The van der Waals surface area contributed by atoms with E-state index in [1.165, 1.54) is 24.3 Å². The van der Waals surface area contributed by atoms with Crippen LogP contribution >= 0.6 is 0 Å². The summed E-state index contributed by atoms with van der Waals surface area (Å²) in [4.78, 5) is 0. The number of nitrogens with zero attached hydrogens (tertiary/aromatic N) is 2. The van der Waals surface area contributed by atoms with E-state index in [9.17, 15) is 0 Å². The molecule has 2 aliphatic carbocycles. The Labute approximate surface area is 284 Å². The Balaban J connectivity index is 2.02. The molecule has 0 radical (unpaired) electrons. The van der Waals surface area contributed by atoms with Crippen molar-refractivity contribution in [1.82, 2.24) is 9.13 Å².